The quantitative estimate of drug-likeness (QED) is 0.323. The molecule has 1 aromatic heterocycles. The van der Waals surface area contributed by atoms with Crippen LogP contribution < -0.4 is 5.32 Å². The molecule has 2 aromatic carbocycles. The fraction of sp³-hybridized carbons (Fsp3) is 0.200. The molecule has 0 aliphatic carbocycles. The predicted octanol–water partition coefficient (Wildman–Crippen LogP) is 5.81. The Kier molecular flexibility index (Phi) is 7.54. The van der Waals surface area contributed by atoms with Gasteiger partial charge in [0.1, 0.15) is 6.20 Å². The van der Waals surface area contributed by atoms with Gasteiger partial charge in [-0.25, -0.2) is 9.78 Å². The molecule has 0 aliphatic rings. The van der Waals surface area contributed by atoms with Crippen LogP contribution in [0.2, 0.25) is 10.0 Å². The van der Waals surface area contributed by atoms with Crippen LogP contribution in [0.15, 0.2) is 48.7 Å². The molecule has 0 spiro atoms. The minimum Gasteiger partial charge on any atom is -0.478 e. The monoisotopic (exact) mass is 484 g/mol. The molecular weight excluding hydrogens is 467 g/mol. The summed E-state index contributed by atoms with van der Waals surface area (Å²) in [6.45, 7) is 3.18. The highest BCUT2D eigenvalue weighted by Gasteiger charge is 2.50. The lowest BCUT2D eigenvalue weighted by Crippen LogP contribution is -2.44. The first-order chi connectivity index (χ1) is 14.2. The number of hydrogen-bond acceptors (Lipinski definition) is 5. The van der Waals surface area contributed by atoms with E-state index in [1.807, 2.05) is 0 Å². The topological polar surface area (TPSA) is 110 Å². The van der Waals surface area contributed by atoms with Crippen molar-refractivity contribution in [1.29, 1.82) is 0 Å². The molecule has 31 heavy (non-hydrogen) atoms. The summed E-state index contributed by atoms with van der Waals surface area (Å²) < 4.78 is 1.14. The number of imidazole rings is 1. The highest BCUT2D eigenvalue weighted by molar-refractivity contribution is 6.39. The van der Waals surface area contributed by atoms with Crippen molar-refractivity contribution in [3.8, 4) is 0 Å². The highest BCUT2D eigenvalue weighted by atomic mass is 35.5. The van der Waals surface area contributed by atoms with E-state index in [-0.39, 0.29) is 24.7 Å². The van der Waals surface area contributed by atoms with E-state index in [9.17, 15) is 20.0 Å². The summed E-state index contributed by atoms with van der Waals surface area (Å²) in [5, 5.41) is 25.7. The van der Waals surface area contributed by atoms with Gasteiger partial charge >= 0.3 is 11.8 Å². The van der Waals surface area contributed by atoms with Crippen molar-refractivity contribution in [3.63, 3.8) is 0 Å². The largest absolute Gasteiger partial charge is 0.478 e. The number of carbonyl (C=O) groups is 1. The number of nitrogens with zero attached hydrogens (tertiary/aromatic N) is 3. The van der Waals surface area contributed by atoms with E-state index in [0.717, 1.165) is 10.8 Å². The van der Waals surface area contributed by atoms with Crippen molar-refractivity contribution in [3.05, 3.63) is 80.2 Å². The Balaban J connectivity index is 0.00000341. The molecule has 0 bridgehead atoms. The molecule has 164 valence electrons. The van der Waals surface area contributed by atoms with Crippen LogP contribution in [-0.2, 0) is 10.3 Å². The molecule has 3 aromatic rings. The molecule has 0 amide bonds. The third-order valence-electron chi connectivity index (χ3n) is 4.95. The number of nitrogens with one attached hydrogen (secondary N) is 1. The molecule has 1 unspecified atom stereocenters. The van der Waals surface area contributed by atoms with Gasteiger partial charge in [0.25, 0.3) is 0 Å². The van der Waals surface area contributed by atoms with Crippen LogP contribution in [-0.4, -0.2) is 25.6 Å². The van der Waals surface area contributed by atoms with Gasteiger partial charge in [-0.2, -0.15) is 4.57 Å². The third-order valence-corrected chi connectivity index (χ3v) is 5.58. The van der Waals surface area contributed by atoms with Crippen molar-refractivity contribution >= 4 is 58.8 Å². The highest BCUT2D eigenvalue weighted by Crippen LogP contribution is 2.41. The molecule has 2 N–H and O–H groups in total. The number of aliphatic carboxylic acids is 1. The molecule has 3 rings (SSSR count). The maximum absolute atomic E-state index is 12.7. The Bertz CT molecular complexity index is 1120. The van der Waals surface area contributed by atoms with E-state index >= 15 is 0 Å². The number of benzene rings is 2. The molecule has 11 heteroatoms. The molecule has 8 nitrogen and oxygen atoms in total. The zero-order valence-electron chi connectivity index (χ0n) is 16.5. The van der Waals surface area contributed by atoms with Crippen LogP contribution in [0.4, 0.5) is 17.2 Å². The van der Waals surface area contributed by atoms with Crippen LogP contribution in [0.25, 0.3) is 0 Å². The van der Waals surface area contributed by atoms with Crippen LogP contribution in [0.3, 0.4) is 0 Å². The summed E-state index contributed by atoms with van der Waals surface area (Å²) in [5.74, 6) is -1.47. The van der Waals surface area contributed by atoms with Crippen molar-refractivity contribution in [2.24, 2.45) is 0 Å². The molecule has 0 saturated heterocycles. The number of aromatic nitrogens is 2. The fourth-order valence-electron chi connectivity index (χ4n) is 3.57. The normalized spacial score (nSPS) is 12.5. The Morgan fingerprint density at radius 2 is 1.84 bits per heavy atom. The summed E-state index contributed by atoms with van der Waals surface area (Å²) in [6, 6.07) is 11.6. The Labute approximate surface area is 194 Å². The Morgan fingerprint density at radius 1 is 1.23 bits per heavy atom. The van der Waals surface area contributed by atoms with E-state index in [4.69, 9.17) is 23.2 Å². The van der Waals surface area contributed by atoms with Gasteiger partial charge in [0.15, 0.2) is 5.82 Å². The lowest BCUT2D eigenvalue weighted by Gasteiger charge is -2.29. The number of anilines is 2. The van der Waals surface area contributed by atoms with Crippen molar-refractivity contribution in [2.75, 3.05) is 5.32 Å². The molecule has 0 saturated carbocycles. The molecule has 0 aliphatic heterocycles. The van der Waals surface area contributed by atoms with E-state index in [1.54, 1.807) is 49.4 Å². The van der Waals surface area contributed by atoms with Crippen molar-refractivity contribution in [2.45, 2.75) is 25.8 Å². The average molecular weight is 486 g/mol. The van der Waals surface area contributed by atoms with Gasteiger partial charge in [0.05, 0.1) is 15.7 Å². The molecule has 0 fully saturated rings. The number of halogens is 3. The number of carboxylic acids is 1. The second-order valence-electron chi connectivity index (χ2n) is 6.54. The number of rotatable bonds is 7. The van der Waals surface area contributed by atoms with Gasteiger partial charge in [0, 0.05) is 24.6 Å². The SMILES string of the molecule is CCC(C(=O)O)(c1ccccc1Nc1c(Cl)cccc1Cl)n1c([N+](=O)[O-])cnc1C.Cl. The summed E-state index contributed by atoms with van der Waals surface area (Å²) in [7, 11) is 0. The fourth-order valence-corrected chi connectivity index (χ4v) is 4.06. The lowest BCUT2D eigenvalue weighted by atomic mass is 9.85. The van der Waals surface area contributed by atoms with E-state index in [1.165, 1.54) is 6.92 Å². The predicted molar refractivity (Wildman–Crippen MR) is 122 cm³/mol. The average Bonchev–Trinajstić information content (AvgIpc) is 3.09. The summed E-state index contributed by atoms with van der Waals surface area (Å²) in [5.41, 5.74) is -0.680. The first-order valence-corrected chi connectivity index (χ1v) is 9.72. The Hall–Kier alpha value is -2.81. The summed E-state index contributed by atoms with van der Waals surface area (Å²) in [4.78, 5) is 27.6. The van der Waals surface area contributed by atoms with E-state index in [2.05, 4.69) is 10.3 Å². The van der Waals surface area contributed by atoms with Gasteiger partial charge in [-0.15, -0.1) is 12.4 Å². The molecule has 1 atom stereocenters. The smallest absolute Gasteiger partial charge is 0.357 e. The first-order valence-electron chi connectivity index (χ1n) is 8.97. The van der Waals surface area contributed by atoms with Gasteiger partial charge in [-0.1, -0.05) is 54.4 Å². The van der Waals surface area contributed by atoms with Gasteiger partial charge in [0.2, 0.25) is 5.54 Å². The Morgan fingerprint density at radius 3 is 2.39 bits per heavy atom. The van der Waals surface area contributed by atoms with E-state index < -0.39 is 22.2 Å². The van der Waals surface area contributed by atoms with E-state index in [0.29, 0.717) is 27.0 Å². The zero-order valence-corrected chi connectivity index (χ0v) is 18.8. The van der Waals surface area contributed by atoms with Crippen molar-refractivity contribution in [1.82, 2.24) is 9.55 Å². The molecule has 1 heterocycles. The van der Waals surface area contributed by atoms with Crippen LogP contribution in [0, 0.1) is 17.0 Å². The number of carboxylic acid groups (broad SMARTS) is 1. The third kappa shape index (κ3) is 4.19. The molecular formula is C20H19Cl3N4O4. The van der Waals surface area contributed by atoms with Gasteiger partial charge in [-0.05, 0) is 23.1 Å². The maximum Gasteiger partial charge on any atom is 0.357 e. The van der Waals surface area contributed by atoms with Crippen LogP contribution >= 0.6 is 35.6 Å². The maximum atomic E-state index is 12.7. The first kappa shape index (κ1) is 24.5. The number of aryl methyl sites for hydroxylation is 1. The lowest BCUT2D eigenvalue weighted by molar-refractivity contribution is -0.393. The molecule has 0 radical (unpaired) electrons. The summed E-state index contributed by atoms with van der Waals surface area (Å²) in [6.07, 6.45) is 1.08. The minimum absolute atomic E-state index is 0. The second kappa shape index (κ2) is 9.55. The van der Waals surface area contributed by atoms with Crippen LogP contribution in [0.5, 0.6) is 0 Å². The van der Waals surface area contributed by atoms with Gasteiger partial charge in [-0.3, -0.25) is 0 Å². The minimum atomic E-state index is -1.79. The number of hydrogen-bond donors (Lipinski definition) is 2. The zero-order chi connectivity index (χ0) is 22.1. The summed E-state index contributed by atoms with van der Waals surface area (Å²) >= 11 is 12.5. The van der Waals surface area contributed by atoms with Crippen LogP contribution in [0.1, 0.15) is 24.7 Å². The van der Waals surface area contributed by atoms with Crippen molar-refractivity contribution < 1.29 is 14.8 Å². The number of para-hydroxylation sites is 2. The number of nitro groups is 1. The second-order valence-corrected chi connectivity index (χ2v) is 7.36. The standard InChI is InChI=1S/C20H18Cl2N4O4.ClH/c1-3-20(19(27)28,25-12(2)23-11-17(25)26(29)30)13-7-4-5-10-16(13)24-18-14(21)8-6-9-15(18)22;/h4-11,24H,3H2,1-2H3,(H,27,28);1H. The van der Waals surface area contributed by atoms with Gasteiger partial charge < -0.3 is 20.5 Å².